The predicted molar refractivity (Wildman–Crippen MR) is 276 cm³/mol. The van der Waals surface area contributed by atoms with Gasteiger partial charge in [-0.25, -0.2) is 28.2 Å². The summed E-state index contributed by atoms with van der Waals surface area (Å²) in [7, 11) is -3.55. The van der Waals surface area contributed by atoms with Gasteiger partial charge in [-0.2, -0.15) is 0 Å². The molecule has 3 aliphatic rings. The third-order valence-electron chi connectivity index (χ3n) is 13.4. The van der Waals surface area contributed by atoms with Gasteiger partial charge in [-0.1, -0.05) is 32.6 Å². The lowest BCUT2D eigenvalue weighted by Crippen LogP contribution is -2.56. The van der Waals surface area contributed by atoms with Crippen LogP contribution in [0.3, 0.4) is 0 Å². The van der Waals surface area contributed by atoms with Crippen LogP contribution in [0.25, 0.3) is 22.3 Å². The number of likely N-dealkylation sites (N-methyl/N-ethyl adjacent to an activating group) is 1. The van der Waals surface area contributed by atoms with Crippen molar-refractivity contribution < 1.29 is 61.2 Å². The Morgan fingerprint density at radius 3 is 2.39 bits per heavy atom. The molecule has 0 spiro atoms. The van der Waals surface area contributed by atoms with Crippen LogP contribution < -0.4 is 42.0 Å². The molecule has 412 valence electrons. The smallest absolute Gasteiger partial charge is 0.343 e. The highest BCUT2D eigenvalue weighted by atomic mass is 32.2. The number of pyridine rings is 2. The number of esters is 1. The fraction of sp³-hybridized carbons (Fsp3) is 0.500. The van der Waals surface area contributed by atoms with Crippen molar-refractivity contribution in [1.82, 2.24) is 45.7 Å². The summed E-state index contributed by atoms with van der Waals surface area (Å²) in [4.78, 5) is 107. The molecular formula is C52H64N10O14S. The minimum absolute atomic E-state index is 0.00809. The summed E-state index contributed by atoms with van der Waals surface area (Å²) in [6.45, 7) is 6.51. The van der Waals surface area contributed by atoms with E-state index in [9.17, 15) is 47.1 Å². The Bertz CT molecular complexity index is 3170. The molecular weight excluding hydrogens is 1020 g/mol. The molecule has 24 nitrogen and oxygen atoms in total. The van der Waals surface area contributed by atoms with E-state index < -0.39 is 69.2 Å². The van der Waals surface area contributed by atoms with E-state index in [1.165, 1.54) is 12.4 Å². The van der Waals surface area contributed by atoms with Crippen molar-refractivity contribution in [2.45, 2.75) is 115 Å². The van der Waals surface area contributed by atoms with Crippen LogP contribution in [-0.2, 0) is 73.3 Å². The van der Waals surface area contributed by atoms with Gasteiger partial charge >= 0.3 is 5.97 Å². The molecule has 5 amide bonds. The number of carbonyl (C=O) groups excluding carboxylic acids is 6. The number of nitrogens with zero attached hydrogens (tertiary/aromatic N) is 5. The molecule has 0 bridgehead atoms. The molecule has 7 N–H and O–H groups in total. The van der Waals surface area contributed by atoms with Crippen molar-refractivity contribution >= 4 is 56.2 Å². The van der Waals surface area contributed by atoms with Crippen LogP contribution in [0.1, 0.15) is 100 Å². The topological polar surface area (TPSA) is 332 Å². The molecule has 77 heavy (non-hydrogen) atoms. The second-order valence-electron chi connectivity index (χ2n) is 19.1. The summed E-state index contributed by atoms with van der Waals surface area (Å²) < 4.78 is 46.8. The lowest BCUT2D eigenvalue weighted by atomic mass is 9.86. The van der Waals surface area contributed by atoms with Crippen LogP contribution in [0.2, 0.25) is 0 Å². The second-order valence-corrected chi connectivity index (χ2v) is 21.0. The van der Waals surface area contributed by atoms with E-state index in [2.05, 4.69) is 43.1 Å². The lowest BCUT2D eigenvalue weighted by Gasteiger charge is -2.31. The molecule has 0 saturated heterocycles. The molecule has 3 atom stereocenters. The SMILES string of the molecule is CCN(CCc1c2c(nc3cc4c(cc13)OCO4)-c1cc3c(c(=O)n1C2)COC(=O)[C@]3(O)CC)C(=O)COCNC(=O)CNC(=O)[C@H](CCCCN)NC(=O)[C@@H](NC(=O)CCCC#Cc1cnc(S(C)(=O)=O)nc1)C(C)C. The zero-order valence-electron chi connectivity index (χ0n) is 43.6. The Hall–Kier alpha value is -7.53. The third-order valence-corrected chi connectivity index (χ3v) is 14.3. The van der Waals surface area contributed by atoms with Crippen LogP contribution in [0.5, 0.6) is 11.5 Å². The zero-order chi connectivity index (χ0) is 55.6. The van der Waals surface area contributed by atoms with Gasteiger partial charge in [0.1, 0.15) is 32.0 Å². The normalized spacial score (nSPS) is 15.8. The number of ether oxygens (including phenoxy) is 4. The van der Waals surface area contributed by atoms with E-state index in [-0.39, 0.29) is 87.2 Å². The lowest BCUT2D eigenvalue weighted by molar-refractivity contribution is -0.172. The molecule has 0 saturated carbocycles. The largest absolute Gasteiger partial charge is 0.458 e. The van der Waals surface area contributed by atoms with Gasteiger partial charge in [0.15, 0.2) is 17.1 Å². The minimum Gasteiger partial charge on any atom is -0.458 e. The van der Waals surface area contributed by atoms with Gasteiger partial charge in [-0.3, -0.25) is 28.8 Å². The Morgan fingerprint density at radius 1 is 0.961 bits per heavy atom. The molecule has 7 rings (SSSR count). The van der Waals surface area contributed by atoms with Gasteiger partial charge < -0.3 is 60.5 Å². The first-order valence-electron chi connectivity index (χ1n) is 25.4. The Balaban J connectivity index is 0.899. The van der Waals surface area contributed by atoms with Crippen molar-refractivity contribution in [3.8, 4) is 34.7 Å². The van der Waals surface area contributed by atoms with Gasteiger partial charge in [-0.15, -0.1) is 0 Å². The Morgan fingerprint density at radius 2 is 1.70 bits per heavy atom. The van der Waals surface area contributed by atoms with Gasteiger partial charge in [0.2, 0.25) is 51.3 Å². The first-order chi connectivity index (χ1) is 36.8. The maximum atomic E-state index is 14.0. The summed E-state index contributed by atoms with van der Waals surface area (Å²) >= 11 is 0. The molecule has 4 aromatic rings. The van der Waals surface area contributed by atoms with Crippen LogP contribution in [-0.4, -0.2) is 138 Å². The predicted octanol–water partition coefficient (Wildman–Crippen LogP) is 0.576. The van der Waals surface area contributed by atoms with Crippen molar-refractivity contribution in [3.05, 3.63) is 68.8 Å². The Labute approximate surface area is 444 Å². The summed E-state index contributed by atoms with van der Waals surface area (Å²) in [6, 6.07) is 3.18. The second kappa shape index (κ2) is 25.1. The third kappa shape index (κ3) is 13.4. The fourth-order valence-electron chi connectivity index (χ4n) is 9.14. The van der Waals surface area contributed by atoms with Crippen molar-refractivity contribution in [3.63, 3.8) is 0 Å². The molecule has 3 aromatic heterocycles. The highest BCUT2D eigenvalue weighted by Crippen LogP contribution is 2.43. The molecule has 0 aliphatic carbocycles. The fourth-order valence-corrected chi connectivity index (χ4v) is 9.62. The van der Waals surface area contributed by atoms with E-state index in [1.54, 1.807) is 42.4 Å². The molecule has 0 fully saturated rings. The number of amides is 5. The number of carbonyl (C=O) groups is 6. The van der Waals surface area contributed by atoms with E-state index in [0.29, 0.717) is 79.2 Å². The number of sulfone groups is 1. The molecule has 3 aliphatic heterocycles. The van der Waals surface area contributed by atoms with Gasteiger partial charge in [0, 0.05) is 67.2 Å². The van der Waals surface area contributed by atoms with Gasteiger partial charge in [-0.05, 0) is 75.6 Å². The first-order valence-corrected chi connectivity index (χ1v) is 27.3. The number of aliphatic hydroxyl groups is 1. The average Bonchev–Trinajstić information content (AvgIpc) is 4.11. The van der Waals surface area contributed by atoms with Gasteiger partial charge in [0.25, 0.3) is 5.56 Å². The number of aromatic nitrogens is 4. The summed E-state index contributed by atoms with van der Waals surface area (Å²) in [5, 5.41) is 22.3. The van der Waals surface area contributed by atoms with Crippen molar-refractivity contribution in [1.29, 1.82) is 0 Å². The highest BCUT2D eigenvalue weighted by Gasteiger charge is 2.45. The summed E-state index contributed by atoms with van der Waals surface area (Å²) in [5.41, 5.74) is 7.08. The number of nitrogens with two attached hydrogens (primary N) is 1. The maximum absolute atomic E-state index is 14.0. The van der Waals surface area contributed by atoms with Crippen LogP contribution in [0, 0.1) is 17.8 Å². The molecule has 0 radical (unpaired) electrons. The van der Waals surface area contributed by atoms with Crippen LogP contribution in [0.15, 0.2) is 40.5 Å². The molecule has 0 unspecified atom stereocenters. The standard InChI is InChI=1S/C52H64N10O14S/c1-6-52(70)36-20-39-46-34(25-62(39)49(68)35(36)26-74-50(52)69)32(33-19-40-41(76-29-75-40)21-38(33)58-46)16-18-61(7-2)44(65)27-73-28-57-43(64)24-54-47(66)37(14-11-12-17-53)59-48(67)45(30(3)4)60-42(63)15-10-8-9-13-31-22-55-51(56-23-31)77(5,71)72/h19-23,30,37,45,70H,6-8,10-12,14-18,24-29,53H2,1-5H3,(H,54,66)(H,57,64)(H,59,67)(H,60,63)/t37-,45-,52-/m0/s1. The van der Waals surface area contributed by atoms with E-state index in [4.69, 9.17) is 29.7 Å². The monoisotopic (exact) mass is 1080 g/mol. The minimum atomic E-state index is -3.55. The number of hydrogen-bond donors (Lipinski definition) is 6. The molecule has 1 aromatic carbocycles. The van der Waals surface area contributed by atoms with E-state index in [1.807, 2.05) is 13.0 Å². The zero-order valence-corrected chi connectivity index (χ0v) is 44.4. The maximum Gasteiger partial charge on any atom is 0.343 e. The van der Waals surface area contributed by atoms with Gasteiger partial charge in [0.05, 0.1) is 41.1 Å². The summed E-state index contributed by atoms with van der Waals surface area (Å²) in [5.74, 6) is 2.92. The number of rotatable bonds is 24. The van der Waals surface area contributed by atoms with E-state index in [0.717, 1.165) is 22.8 Å². The summed E-state index contributed by atoms with van der Waals surface area (Å²) in [6.07, 6.45) is 5.91. The van der Waals surface area contributed by atoms with Crippen molar-refractivity contribution in [2.75, 3.05) is 52.6 Å². The average molecular weight is 1090 g/mol. The number of nitrogens with one attached hydrogen (secondary N) is 4. The number of hydrogen-bond acceptors (Lipinski definition) is 18. The number of unbranched alkanes of at least 4 members (excludes halogenated alkanes) is 2. The van der Waals surface area contributed by atoms with Crippen LogP contribution in [0.4, 0.5) is 0 Å². The number of cyclic esters (lactones) is 1. The van der Waals surface area contributed by atoms with Crippen LogP contribution >= 0.6 is 0 Å². The quantitative estimate of drug-likeness (QED) is 0.0162. The van der Waals surface area contributed by atoms with Crippen molar-refractivity contribution in [2.24, 2.45) is 11.7 Å². The highest BCUT2D eigenvalue weighted by molar-refractivity contribution is 7.90. The van der Waals surface area contributed by atoms with E-state index >= 15 is 0 Å². The molecule has 6 heterocycles. The molecule has 25 heteroatoms. The Kier molecular flexibility index (Phi) is 18.6. The number of benzene rings is 1. The number of fused-ring (bicyclic) bond motifs is 6. The first kappa shape index (κ1) is 57.2.